The van der Waals surface area contributed by atoms with E-state index in [0.29, 0.717) is 6.61 Å². The number of rotatable bonds is 15. The zero-order valence-corrected chi connectivity index (χ0v) is 20.7. The minimum absolute atomic E-state index is 0.237. The van der Waals surface area contributed by atoms with Gasteiger partial charge in [-0.25, -0.2) is 4.79 Å². The molecule has 3 nitrogen and oxygen atoms in total. The first-order chi connectivity index (χ1) is 15.7. The number of unbranched alkanes of at least 4 members (excludes halogenated alkanes) is 8. The molecule has 0 heterocycles. The van der Waals surface area contributed by atoms with Gasteiger partial charge in [0.1, 0.15) is 5.75 Å². The van der Waals surface area contributed by atoms with Crippen molar-refractivity contribution in [3.8, 4) is 5.75 Å². The minimum Gasteiger partial charge on any atom is -0.479 e. The van der Waals surface area contributed by atoms with Crippen LogP contribution in [0.4, 0.5) is 0 Å². The number of carbonyl (C=O) groups is 1. The summed E-state index contributed by atoms with van der Waals surface area (Å²) in [6.07, 6.45) is 21.6. The van der Waals surface area contributed by atoms with Gasteiger partial charge >= 0.3 is 5.97 Å². The van der Waals surface area contributed by atoms with Crippen LogP contribution in [-0.2, 0) is 9.53 Å². The summed E-state index contributed by atoms with van der Waals surface area (Å²) in [5, 5.41) is 0. The molecule has 2 rings (SSSR count). The second kappa shape index (κ2) is 16.8. The Morgan fingerprint density at radius 3 is 2.19 bits per heavy atom. The van der Waals surface area contributed by atoms with Crippen molar-refractivity contribution >= 4 is 11.5 Å². The van der Waals surface area contributed by atoms with Crippen molar-refractivity contribution in [2.24, 2.45) is 0 Å². The molecule has 1 unspecified atom stereocenters. The van der Waals surface area contributed by atoms with Crippen molar-refractivity contribution in [2.75, 3.05) is 6.61 Å². The maximum atomic E-state index is 12.4. The molecule has 1 aromatic rings. The van der Waals surface area contributed by atoms with Crippen LogP contribution in [0.5, 0.6) is 5.75 Å². The molecule has 0 aromatic heterocycles. The third-order valence-electron chi connectivity index (χ3n) is 6.41. The molecule has 0 bridgehead atoms. The lowest BCUT2D eigenvalue weighted by atomic mass is 9.95. The summed E-state index contributed by atoms with van der Waals surface area (Å²) in [6, 6.07) is 8.31. The number of hydrogen-bond acceptors (Lipinski definition) is 3. The van der Waals surface area contributed by atoms with Crippen LogP contribution in [0.2, 0.25) is 0 Å². The van der Waals surface area contributed by atoms with Gasteiger partial charge in [0.05, 0.1) is 6.61 Å². The molecule has 1 aliphatic rings. The highest BCUT2D eigenvalue weighted by Crippen LogP contribution is 2.27. The standard InChI is InChI=1S/C29H46O3/c1-3-5-6-7-8-9-10-14-17-20-28(29(30)31-4-2)32-27-23-21-26(22-24-27)25-18-15-12-11-13-16-19-25/h18,21-24,28H,3-17,19-20H2,1-2H3. The Morgan fingerprint density at radius 1 is 0.844 bits per heavy atom. The molecule has 0 aliphatic heterocycles. The van der Waals surface area contributed by atoms with E-state index in [0.717, 1.165) is 31.4 Å². The molecule has 1 atom stereocenters. The van der Waals surface area contributed by atoms with Gasteiger partial charge in [-0.05, 0) is 68.7 Å². The summed E-state index contributed by atoms with van der Waals surface area (Å²) in [5.41, 5.74) is 2.73. The fourth-order valence-electron chi connectivity index (χ4n) is 4.47. The van der Waals surface area contributed by atoms with E-state index in [1.807, 2.05) is 19.1 Å². The molecule has 0 saturated heterocycles. The maximum absolute atomic E-state index is 12.4. The lowest BCUT2D eigenvalue weighted by Crippen LogP contribution is -2.29. The molecule has 0 N–H and O–H groups in total. The van der Waals surface area contributed by atoms with E-state index in [1.165, 1.54) is 88.2 Å². The normalized spacial score (nSPS) is 15.4. The molecule has 0 saturated carbocycles. The van der Waals surface area contributed by atoms with Gasteiger partial charge in [0.25, 0.3) is 0 Å². The second-order valence-electron chi connectivity index (χ2n) is 9.18. The highest BCUT2D eigenvalue weighted by molar-refractivity contribution is 5.75. The summed E-state index contributed by atoms with van der Waals surface area (Å²) in [6.45, 7) is 4.50. The van der Waals surface area contributed by atoms with E-state index >= 15 is 0 Å². The largest absolute Gasteiger partial charge is 0.479 e. The number of ether oxygens (including phenoxy) is 2. The van der Waals surface area contributed by atoms with Crippen molar-refractivity contribution in [3.05, 3.63) is 35.9 Å². The molecule has 0 radical (unpaired) electrons. The number of benzene rings is 1. The van der Waals surface area contributed by atoms with Crippen LogP contribution in [0.25, 0.3) is 5.57 Å². The van der Waals surface area contributed by atoms with Gasteiger partial charge in [0.15, 0.2) is 6.10 Å². The third kappa shape index (κ3) is 10.7. The fraction of sp³-hybridized carbons (Fsp3) is 0.690. The molecule has 0 amide bonds. The first kappa shape index (κ1) is 26.5. The summed E-state index contributed by atoms with van der Waals surface area (Å²) in [4.78, 5) is 12.4. The topological polar surface area (TPSA) is 35.5 Å². The molecule has 3 heteroatoms. The molecular formula is C29H46O3. The van der Waals surface area contributed by atoms with Crippen LogP contribution < -0.4 is 4.74 Å². The molecule has 0 spiro atoms. The van der Waals surface area contributed by atoms with Crippen LogP contribution in [-0.4, -0.2) is 18.7 Å². The van der Waals surface area contributed by atoms with E-state index in [4.69, 9.17) is 9.47 Å². The van der Waals surface area contributed by atoms with E-state index in [1.54, 1.807) is 0 Å². The van der Waals surface area contributed by atoms with Crippen molar-refractivity contribution in [1.29, 1.82) is 0 Å². The Kier molecular flexibility index (Phi) is 13.9. The molecule has 1 aromatic carbocycles. The molecule has 0 fully saturated rings. The molecular weight excluding hydrogens is 396 g/mol. The van der Waals surface area contributed by atoms with Crippen LogP contribution in [0, 0.1) is 0 Å². The SMILES string of the molecule is CCCCCCCCCCCC(Oc1ccc(C2=CCCCCCC2)cc1)C(=O)OCC. The third-order valence-corrected chi connectivity index (χ3v) is 6.41. The summed E-state index contributed by atoms with van der Waals surface area (Å²) >= 11 is 0. The smallest absolute Gasteiger partial charge is 0.347 e. The highest BCUT2D eigenvalue weighted by atomic mass is 16.6. The average molecular weight is 443 g/mol. The maximum Gasteiger partial charge on any atom is 0.347 e. The van der Waals surface area contributed by atoms with E-state index in [-0.39, 0.29) is 5.97 Å². The molecule has 180 valence electrons. The monoisotopic (exact) mass is 442 g/mol. The average Bonchev–Trinajstić information content (AvgIpc) is 2.78. The summed E-state index contributed by atoms with van der Waals surface area (Å²) < 4.78 is 11.4. The Hall–Kier alpha value is -1.77. The van der Waals surface area contributed by atoms with Gasteiger partial charge in [-0.2, -0.15) is 0 Å². The van der Waals surface area contributed by atoms with Crippen molar-refractivity contribution in [3.63, 3.8) is 0 Å². The zero-order chi connectivity index (χ0) is 22.9. The van der Waals surface area contributed by atoms with Gasteiger partial charge in [0.2, 0.25) is 0 Å². The zero-order valence-electron chi connectivity index (χ0n) is 20.7. The van der Waals surface area contributed by atoms with Crippen LogP contribution in [0.1, 0.15) is 122 Å². The Labute approximate surface area is 197 Å². The van der Waals surface area contributed by atoms with E-state index < -0.39 is 6.10 Å². The Bertz CT molecular complexity index is 647. The minimum atomic E-state index is -0.508. The predicted octanol–water partition coefficient (Wildman–Crippen LogP) is 8.66. The van der Waals surface area contributed by atoms with Gasteiger partial charge in [-0.3, -0.25) is 0 Å². The van der Waals surface area contributed by atoms with Gasteiger partial charge in [-0.15, -0.1) is 0 Å². The molecule has 1 aliphatic carbocycles. The lowest BCUT2D eigenvalue weighted by molar-refractivity contribution is -0.151. The highest BCUT2D eigenvalue weighted by Gasteiger charge is 2.21. The van der Waals surface area contributed by atoms with Crippen molar-refractivity contribution < 1.29 is 14.3 Å². The van der Waals surface area contributed by atoms with Crippen LogP contribution in [0.3, 0.4) is 0 Å². The summed E-state index contributed by atoms with van der Waals surface area (Å²) in [5.74, 6) is 0.521. The van der Waals surface area contributed by atoms with Crippen molar-refractivity contribution in [2.45, 2.75) is 123 Å². The lowest BCUT2D eigenvalue weighted by Gasteiger charge is -2.18. The first-order valence-electron chi connectivity index (χ1n) is 13.4. The number of esters is 1. The Morgan fingerprint density at radius 2 is 1.50 bits per heavy atom. The van der Waals surface area contributed by atoms with Gasteiger partial charge in [-0.1, -0.05) is 89.3 Å². The first-order valence-corrected chi connectivity index (χ1v) is 13.4. The second-order valence-corrected chi connectivity index (χ2v) is 9.18. The van der Waals surface area contributed by atoms with Crippen LogP contribution >= 0.6 is 0 Å². The fourth-order valence-corrected chi connectivity index (χ4v) is 4.47. The number of carbonyl (C=O) groups excluding carboxylic acids is 1. The predicted molar refractivity (Wildman–Crippen MR) is 135 cm³/mol. The number of hydrogen-bond donors (Lipinski definition) is 0. The summed E-state index contributed by atoms with van der Waals surface area (Å²) in [7, 11) is 0. The van der Waals surface area contributed by atoms with Gasteiger partial charge < -0.3 is 9.47 Å². The van der Waals surface area contributed by atoms with E-state index in [9.17, 15) is 4.79 Å². The van der Waals surface area contributed by atoms with Gasteiger partial charge in [0, 0.05) is 0 Å². The Balaban J connectivity index is 1.81. The quantitative estimate of drug-likeness (QED) is 0.201. The van der Waals surface area contributed by atoms with Crippen LogP contribution in [0.15, 0.2) is 30.3 Å². The number of allylic oxidation sites excluding steroid dienone is 2. The molecule has 32 heavy (non-hydrogen) atoms. The van der Waals surface area contributed by atoms with E-state index in [2.05, 4.69) is 25.1 Å². The van der Waals surface area contributed by atoms with Crippen molar-refractivity contribution in [1.82, 2.24) is 0 Å².